The molecule has 2 heteroatoms. The molecule has 0 saturated carbocycles. The van der Waals surface area contributed by atoms with E-state index in [1.807, 2.05) is 78.9 Å². The van der Waals surface area contributed by atoms with Crippen LogP contribution in [0.4, 0.5) is 0 Å². The van der Waals surface area contributed by atoms with Gasteiger partial charge in [0.1, 0.15) is 0 Å². The van der Waals surface area contributed by atoms with Crippen molar-refractivity contribution >= 4 is 53.6 Å². The van der Waals surface area contributed by atoms with Crippen molar-refractivity contribution in [3.05, 3.63) is 148 Å². The van der Waals surface area contributed by atoms with Crippen molar-refractivity contribution in [2.24, 2.45) is 0 Å². The lowest BCUT2D eigenvalue weighted by Crippen LogP contribution is -1.94. The molecule has 1 heterocycles. The molecule has 0 saturated heterocycles. The molecule has 0 N–H and O–H groups in total. The van der Waals surface area contributed by atoms with Gasteiger partial charge in [-0.3, -0.25) is 9.78 Å². The lowest BCUT2D eigenvalue weighted by atomic mass is 9.96. The van der Waals surface area contributed by atoms with E-state index in [0.29, 0.717) is 5.56 Å². The predicted molar refractivity (Wildman–Crippen MR) is 153 cm³/mol. The molecule has 5 rings (SSSR count). The van der Waals surface area contributed by atoms with Crippen molar-refractivity contribution in [3.63, 3.8) is 0 Å². The number of carbonyl (C=O) groups excluding carboxylic acids is 1. The molecule has 0 atom stereocenters. The van der Waals surface area contributed by atoms with Crippen molar-refractivity contribution in [2.45, 2.75) is 0 Å². The summed E-state index contributed by atoms with van der Waals surface area (Å²) < 4.78 is 0. The van der Waals surface area contributed by atoms with E-state index in [0.717, 1.165) is 50.6 Å². The summed E-state index contributed by atoms with van der Waals surface area (Å²) in [5.41, 5.74) is 7.64. The number of hydrogen-bond acceptors (Lipinski definition) is 2. The fourth-order valence-electron chi connectivity index (χ4n) is 4.14. The summed E-state index contributed by atoms with van der Waals surface area (Å²) in [6, 6.07) is 34.8. The molecule has 4 aromatic carbocycles. The number of benzene rings is 4. The lowest BCUT2D eigenvalue weighted by Gasteiger charge is -2.10. The van der Waals surface area contributed by atoms with Crippen LogP contribution in [0.3, 0.4) is 0 Å². The smallest absolute Gasteiger partial charge is 0.152 e. The van der Waals surface area contributed by atoms with Crippen molar-refractivity contribution in [1.82, 2.24) is 4.98 Å². The Labute approximate surface area is 211 Å². The molecule has 2 nitrogen and oxygen atoms in total. The summed E-state index contributed by atoms with van der Waals surface area (Å²) in [7, 11) is 0. The quantitative estimate of drug-likeness (QED) is 0.179. The van der Waals surface area contributed by atoms with Gasteiger partial charge in [-0.15, -0.1) is 0 Å². The van der Waals surface area contributed by atoms with Gasteiger partial charge in [-0.25, -0.2) is 0 Å². The van der Waals surface area contributed by atoms with Gasteiger partial charge < -0.3 is 0 Å². The Morgan fingerprint density at radius 2 is 1.00 bits per heavy atom. The van der Waals surface area contributed by atoms with Gasteiger partial charge in [0.05, 0.1) is 5.52 Å². The number of aromatic nitrogens is 1. The third kappa shape index (κ3) is 5.45. The molecule has 36 heavy (non-hydrogen) atoms. The van der Waals surface area contributed by atoms with Crippen LogP contribution in [-0.2, 0) is 0 Å². The third-order valence-corrected chi connectivity index (χ3v) is 5.99. The van der Waals surface area contributed by atoms with Crippen molar-refractivity contribution < 1.29 is 4.79 Å². The Balaban J connectivity index is 1.67. The molecule has 5 aromatic rings. The largest absolute Gasteiger partial charge is 0.298 e. The first-order valence-electron chi connectivity index (χ1n) is 11.9. The fourth-order valence-corrected chi connectivity index (χ4v) is 4.14. The van der Waals surface area contributed by atoms with Crippen molar-refractivity contribution in [2.75, 3.05) is 0 Å². The minimum Gasteiger partial charge on any atom is -0.298 e. The van der Waals surface area contributed by atoms with Gasteiger partial charge in [0.25, 0.3) is 0 Å². The maximum Gasteiger partial charge on any atom is 0.152 e. The Bertz CT molecular complexity index is 1560. The maximum absolute atomic E-state index is 12.0. The first-order valence-corrected chi connectivity index (χ1v) is 11.9. The molecule has 0 aliphatic rings. The summed E-state index contributed by atoms with van der Waals surface area (Å²) in [5, 5.41) is 0.940. The SMILES string of the molecule is O=Cc1cnc2c(/C=C/c3ccccc3)cc(/C=C/c3ccccc3)cc2c1/C=C/c1ccccc1. The van der Waals surface area contributed by atoms with Crippen LogP contribution in [0, 0.1) is 0 Å². The highest BCUT2D eigenvalue weighted by atomic mass is 16.1. The van der Waals surface area contributed by atoms with E-state index in [1.165, 1.54) is 0 Å². The minimum atomic E-state index is 0.567. The zero-order valence-electron chi connectivity index (χ0n) is 19.8. The van der Waals surface area contributed by atoms with E-state index in [2.05, 4.69) is 60.7 Å². The van der Waals surface area contributed by atoms with Crippen molar-refractivity contribution in [1.29, 1.82) is 0 Å². The molecule has 0 radical (unpaired) electrons. The number of fused-ring (bicyclic) bond motifs is 1. The zero-order chi connectivity index (χ0) is 24.6. The predicted octanol–water partition coefficient (Wildman–Crippen LogP) is 8.56. The van der Waals surface area contributed by atoms with E-state index >= 15 is 0 Å². The second-order valence-electron chi connectivity index (χ2n) is 8.48. The van der Waals surface area contributed by atoms with Gasteiger partial charge in [0.2, 0.25) is 0 Å². The summed E-state index contributed by atoms with van der Waals surface area (Å²) in [5.74, 6) is 0. The molecule has 172 valence electrons. The minimum absolute atomic E-state index is 0.567. The molecule has 0 amide bonds. The maximum atomic E-state index is 12.0. The highest BCUT2D eigenvalue weighted by Crippen LogP contribution is 2.29. The van der Waals surface area contributed by atoms with Gasteiger partial charge in [-0.05, 0) is 39.9 Å². The summed E-state index contributed by atoms with van der Waals surface area (Å²) in [6.07, 6.45) is 15.0. The van der Waals surface area contributed by atoms with Crippen LogP contribution in [0.25, 0.3) is 47.4 Å². The number of hydrogen-bond donors (Lipinski definition) is 0. The highest BCUT2D eigenvalue weighted by molar-refractivity contribution is 6.02. The monoisotopic (exact) mass is 463 g/mol. The molecule has 0 unspecified atom stereocenters. The van der Waals surface area contributed by atoms with E-state index < -0.39 is 0 Å². The Morgan fingerprint density at radius 3 is 1.56 bits per heavy atom. The van der Waals surface area contributed by atoms with Crippen LogP contribution in [0.5, 0.6) is 0 Å². The number of carbonyl (C=O) groups is 1. The molecule has 0 fully saturated rings. The molecular weight excluding hydrogens is 438 g/mol. The second-order valence-corrected chi connectivity index (χ2v) is 8.48. The van der Waals surface area contributed by atoms with Crippen molar-refractivity contribution in [3.8, 4) is 0 Å². The number of pyridine rings is 1. The first kappa shape index (κ1) is 22.9. The summed E-state index contributed by atoms with van der Waals surface area (Å²) >= 11 is 0. The van der Waals surface area contributed by atoms with Crippen LogP contribution < -0.4 is 0 Å². The van der Waals surface area contributed by atoms with E-state index in [-0.39, 0.29) is 0 Å². The van der Waals surface area contributed by atoms with Crippen LogP contribution in [0.15, 0.2) is 109 Å². The molecule has 0 aliphatic carbocycles. The Morgan fingerprint density at radius 1 is 0.500 bits per heavy atom. The van der Waals surface area contributed by atoms with E-state index in [4.69, 9.17) is 4.98 Å². The van der Waals surface area contributed by atoms with Crippen LogP contribution in [0.2, 0.25) is 0 Å². The number of rotatable bonds is 7. The summed E-state index contributed by atoms with van der Waals surface area (Å²) in [6.45, 7) is 0. The standard InChI is InChI=1S/C34H25NO/c36-25-31-24-35-34-30(20-18-27-12-6-2-7-13-27)22-29(17-16-26-10-4-1-5-11-26)23-33(34)32(31)21-19-28-14-8-3-9-15-28/h1-25H/b17-16+,20-18+,21-19+. The van der Waals surface area contributed by atoms with E-state index in [1.54, 1.807) is 6.20 Å². The lowest BCUT2D eigenvalue weighted by molar-refractivity contribution is 0.112. The van der Waals surface area contributed by atoms with Gasteiger partial charge in [0.15, 0.2) is 6.29 Å². The zero-order valence-corrected chi connectivity index (χ0v) is 19.8. The Hall–Kier alpha value is -4.82. The van der Waals surface area contributed by atoms with Crippen LogP contribution in [0.1, 0.15) is 43.7 Å². The molecule has 0 spiro atoms. The fraction of sp³-hybridized carbons (Fsp3) is 0. The molecule has 1 aromatic heterocycles. The highest BCUT2D eigenvalue weighted by Gasteiger charge is 2.10. The van der Waals surface area contributed by atoms with Gasteiger partial charge in [-0.1, -0.05) is 127 Å². The first-order chi connectivity index (χ1) is 17.8. The number of nitrogens with zero attached hydrogens (tertiary/aromatic N) is 1. The second kappa shape index (κ2) is 11.1. The number of aldehydes is 1. The van der Waals surface area contributed by atoms with E-state index in [9.17, 15) is 4.79 Å². The molecule has 0 aliphatic heterocycles. The van der Waals surface area contributed by atoms with Crippen LogP contribution in [-0.4, -0.2) is 11.3 Å². The van der Waals surface area contributed by atoms with Gasteiger partial charge in [0, 0.05) is 22.7 Å². The average Bonchev–Trinajstić information content (AvgIpc) is 2.95. The summed E-state index contributed by atoms with van der Waals surface area (Å²) in [4.78, 5) is 16.7. The third-order valence-electron chi connectivity index (χ3n) is 5.99. The normalized spacial score (nSPS) is 11.7. The van der Waals surface area contributed by atoms with Gasteiger partial charge in [-0.2, -0.15) is 0 Å². The van der Waals surface area contributed by atoms with Gasteiger partial charge >= 0.3 is 0 Å². The topological polar surface area (TPSA) is 30.0 Å². The Kier molecular flexibility index (Phi) is 7.06. The molecular formula is C34H25NO. The van der Waals surface area contributed by atoms with Crippen LogP contribution >= 0.6 is 0 Å². The molecule has 0 bridgehead atoms. The average molecular weight is 464 g/mol.